The number of carbonyl (C=O) groups excluding carboxylic acids is 1. The van der Waals surface area contributed by atoms with Crippen molar-refractivity contribution >= 4 is 11.6 Å². The number of hydrogen-bond acceptors (Lipinski definition) is 1. The quantitative estimate of drug-likeness (QED) is 0.673. The Kier molecular flexibility index (Phi) is 1.84. The molecule has 14 heavy (non-hydrogen) atoms. The highest BCUT2D eigenvalue weighted by Gasteiger charge is 2.31. The Bertz CT molecular complexity index is 398. The molecule has 0 fully saturated rings. The molecule has 1 aromatic rings. The highest BCUT2D eigenvalue weighted by molar-refractivity contribution is 5.95. The molecule has 0 atom stereocenters. The van der Waals surface area contributed by atoms with Crippen LogP contribution in [0.3, 0.4) is 0 Å². The lowest BCUT2D eigenvalue weighted by Crippen LogP contribution is -2.32. The van der Waals surface area contributed by atoms with Gasteiger partial charge in [0.2, 0.25) is 5.91 Å². The second kappa shape index (κ2) is 2.80. The standard InChI is InChI=1S/C11H12FNO/c1-11(2)6-10(14)13-9-4-3-7(12)5-8(9)11/h3-5H,6H2,1-2H3,(H,13,14). The lowest BCUT2D eigenvalue weighted by molar-refractivity contribution is -0.117. The van der Waals surface area contributed by atoms with Gasteiger partial charge in [-0.1, -0.05) is 13.8 Å². The molecule has 2 nitrogen and oxygen atoms in total. The van der Waals surface area contributed by atoms with Crippen molar-refractivity contribution < 1.29 is 9.18 Å². The molecule has 74 valence electrons. The monoisotopic (exact) mass is 193 g/mol. The summed E-state index contributed by atoms with van der Waals surface area (Å²) >= 11 is 0. The molecule has 0 radical (unpaired) electrons. The number of amides is 1. The van der Waals surface area contributed by atoms with Crippen molar-refractivity contribution in [1.29, 1.82) is 0 Å². The van der Waals surface area contributed by atoms with Gasteiger partial charge in [0, 0.05) is 17.5 Å². The molecule has 1 aliphatic rings. The van der Waals surface area contributed by atoms with Crippen LogP contribution in [-0.4, -0.2) is 5.91 Å². The fourth-order valence-electron chi connectivity index (χ4n) is 1.88. The Morgan fingerprint density at radius 3 is 2.86 bits per heavy atom. The molecule has 0 unspecified atom stereocenters. The largest absolute Gasteiger partial charge is 0.326 e. The normalized spacial score (nSPS) is 18.6. The van der Waals surface area contributed by atoms with Crippen molar-refractivity contribution in [3.63, 3.8) is 0 Å². The van der Waals surface area contributed by atoms with Gasteiger partial charge in [-0.2, -0.15) is 0 Å². The minimum absolute atomic E-state index is 0.00546. The van der Waals surface area contributed by atoms with Gasteiger partial charge in [-0.15, -0.1) is 0 Å². The summed E-state index contributed by atoms with van der Waals surface area (Å²) in [6.45, 7) is 3.90. The summed E-state index contributed by atoms with van der Waals surface area (Å²) in [6.07, 6.45) is 0.406. The summed E-state index contributed by atoms with van der Waals surface area (Å²) in [7, 11) is 0. The smallest absolute Gasteiger partial charge is 0.225 e. The zero-order valence-corrected chi connectivity index (χ0v) is 8.23. The van der Waals surface area contributed by atoms with Crippen LogP contribution in [0.15, 0.2) is 18.2 Å². The highest BCUT2D eigenvalue weighted by Crippen LogP contribution is 2.37. The Hall–Kier alpha value is -1.38. The van der Waals surface area contributed by atoms with Gasteiger partial charge in [0.1, 0.15) is 5.82 Å². The van der Waals surface area contributed by atoms with Crippen molar-refractivity contribution in [1.82, 2.24) is 0 Å². The number of benzene rings is 1. The van der Waals surface area contributed by atoms with E-state index in [4.69, 9.17) is 0 Å². The molecule has 0 aromatic heterocycles. The van der Waals surface area contributed by atoms with E-state index in [-0.39, 0.29) is 17.1 Å². The first kappa shape index (κ1) is 9.19. The summed E-state index contributed by atoms with van der Waals surface area (Å²) in [5.74, 6) is -0.262. The summed E-state index contributed by atoms with van der Waals surface area (Å²) in [5, 5.41) is 2.74. The van der Waals surface area contributed by atoms with Crippen LogP contribution in [-0.2, 0) is 10.2 Å². The van der Waals surface area contributed by atoms with Crippen LogP contribution in [0, 0.1) is 5.82 Å². The third kappa shape index (κ3) is 1.39. The lowest BCUT2D eigenvalue weighted by atomic mass is 9.78. The Morgan fingerprint density at radius 1 is 1.43 bits per heavy atom. The van der Waals surface area contributed by atoms with E-state index in [9.17, 15) is 9.18 Å². The van der Waals surface area contributed by atoms with Gasteiger partial charge >= 0.3 is 0 Å². The molecule has 0 aliphatic carbocycles. The van der Waals surface area contributed by atoms with Crippen LogP contribution >= 0.6 is 0 Å². The fraction of sp³-hybridized carbons (Fsp3) is 0.364. The molecule has 1 aliphatic heterocycles. The highest BCUT2D eigenvalue weighted by atomic mass is 19.1. The Labute approximate surface area is 82.1 Å². The van der Waals surface area contributed by atoms with E-state index in [1.807, 2.05) is 13.8 Å². The van der Waals surface area contributed by atoms with Crippen molar-refractivity contribution in [3.8, 4) is 0 Å². The van der Waals surface area contributed by atoms with E-state index in [2.05, 4.69) is 5.32 Å². The number of rotatable bonds is 0. The van der Waals surface area contributed by atoms with Gasteiger partial charge in [-0.3, -0.25) is 4.79 Å². The average Bonchev–Trinajstić information content (AvgIpc) is 2.05. The number of carbonyl (C=O) groups is 1. The molecule has 0 bridgehead atoms. The molecule has 0 saturated carbocycles. The minimum atomic E-state index is -0.278. The van der Waals surface area contributed by atoms with E-state index in [1.54, 1.807) is 6.07 Å². The van der Waals surface area contributed by atoms with Crippen LogP contribution in [0.5, 0.6) is 0 Å². The van der Waals surface area contributed by atoms with Crippen molar-refractivity contribution in [2.45, 2.75) is 25.7 Å². The number of anilines is 1. The second-order valence-corrected chi connectivity index (χ2v) is 4.30. The molecule has 0 saturated heterocycles. The summed E-state index contributed by atoms with van der Waals surface area (Å²) in [4.78, 5) is 11.3. The Balaban J connectivity index is 2.58. The van der Waals surface area contributed by atoms with E-state index in [0.29, 0.717) is 6.42 Å². The molecule has 1 aromatic carbocycles. The maximum atomic E-state index is 13.0. The number of halogens is 1. The van der Waals surface area contributed by atoms with Crippen LogP contribution < -0.4 is 5.32 Å². The third-order valence-electron chi connectivity index (χ3n) is 2.59. The third-order valence-corrected chi connectivity index (χ3v) is 2.59. The number of hydrogen-bond donors (Lipinski definition) is 1. The van der Waals surface area contributed by atoms with Crippen LogP contribution in [0.1, 0.15) is 25.8 Å². The molecule has 1 amide bonds. The zero-order chi connectivity index (χ0) is 10.3. The molecular weight excluding hydrogens is 181 g/mol. The summed E-state index contributed by atoms with van der Waals surface area (Å²) in [5.41, 5.74) is 1.32. The SMILES string of the molecule is CC1(C)CC(=O)Nc2ccc(F)cc21. The lowest BCUT2D eigenvalue weighted by Gasteiger charge is -2.31. The van der Waals surface area contributed by atoms with E-state index in [1.165, 1.54) is 12.1 Å². The van der Waals surface area contributed by atoms with Crippen LogP contribution in [0.25, 0.3) is 0 Å². The van der Waals surface area contributed by atoms with Gasteiger partial charge in [0.25, 0.3) is 0 Å². The van der Waals surface area contributed by atoms with Gasteiger partial charge in [-0.05, 0) is 23.8 Å². The maximum absolute atomic E-state index is 13.0. The molecular formula is C11H12FNO. The predicted molar refractivity (Wildman–Crippen MR) is 52.7 cm³/mol. The Morgan fingerprint density at radius 2 is 2.14 bits per heavy atom. The molecule has 1 heterocycles. The zero-order valence-electron chi connectivity index (χ0n) is 8.23. The van der Waals surface area contributed by atoms with Crippen LogP contribution in [0.2, 0.25) is 0 Å². The molecule has 2 rings (SSSR count). The number of nitrogens with one attached hydrogen (secondary N) is 1. The minimum Gasteiger partial charge on any atom is -0.326 e. The first-order valence-electron chi connectivity index (χ1n) is 4.59. The number of fused-ring (bicyclic) bond motifs is 1. The van der Waals surface area contributed by atoms with Gasteiger partial charge in [0.15, 0.2) is 0 Å². The second-order valence-electron chi connectivity index (χ2n) is 4.30. The van der Waals surface area contributed by atoms with Gasteiger partial charge in [0.05, 0.1) is 0 Å². The molecule has 0 spiro atoms. The van der Waals surface area contributed by atoms with E-state index < -0.39 is 0 Å². The van der Waals surface area contributed by atoms with Crippen molar-refractivity contribution in [2.75, 3.05) is 5.32 Å². The van der Waals surface area contributed by atoms with Gasteiger partial charge in [-0.25, -0.2) is 4.39 Å². The predicted octanol–water partition coefficient (Wildman–Crippen LogP) is 2.45. The van der Waals surface area contributed by atoms with Crippen molar-refractivity contribution in [2.24, 2.45) is 0 Å². The topological polar surface area (TPSA) is 29.1 Å². The van der Waals surface area contributed by atoms with E-state index in [0.717, 1.165) is 11.3 Å². The molecule has 1 N–H and O–H groups in total. The van der Waals surface area contributed by atoms with Crippen LogP contribution in [0.4, 0.5) is 10.1 Å². The summed E-state index contributed by atoms with van der Waals surface area (Å²) < 4.78 is 13.0. The fourth-order valence-corrected chi connectivity index (χ4v) is 1.88. The first-order chi connectivity index (χ1) is 6.49. The van der Waals surface area contributed by atoms with Gasteiger partial charge < -0.3 is 5.32 Å². The maximum Gasteiger partial charge on any atom is 0.225 e. The summed E-state index contributed by atoms with van der Waals surface area (Å²) in [6, 6.07) is 4.47. The first-order valence-corrected chi connectivity index (χ1v) is 4.59. The van der Waals surface area contributed by atoms with Crippen molar-refractivity contribution in [3.05, 3.63) is 29.6 Å². The molecule has 3 heteroatoms. The van der Waals surface area contributed by atoms with E-state index >= 15 is 0 Å². The average molecular weight is 193 g/mol.